The van der Waals surface area contributed by atoms with Crippen LogP contribution in [0.4, 0.5) is 0 Å². The van der Waals surface area contributed by atoms with Gasteiger partial charge in [0, 0.05) is 30.2 Å². The molecule has 6 heteroatoms. The fourth-order valence-electron chi connectivity index (χ4n) is 3.34. The van der Waals surface area contributed by atoms with Crippen LogP contribution in [0.15, 0.2) is 54.1 Å². The van der Waals surface area contributed by atoms with Crippen LogP contribution in [0.1, 0.15) is 18.4 Å². The van der Waals surface area contributed by atoms with E-state index in [0.29, 0.717) is 6.61 Å². The molecule has 1 aliphatic heterocycles. The number of nitrogens with zero attached hydrogens (tertiary/aromatic N) is 1. The van der Waals surface area contributed by atoms with Crippen LogP contribution < -0.4 is 5.73 Å². The second-order valence-electron chi connectivity index (χ2n) is 6.73. The van der Waals surface area contributed by atoms with Crippen molar-refractivity contribution in [1.29, 1.82) is 0 Å². The monoisotopic (exact) mass is 420 g/mol. The largest absolute Gasteiger partial charge is 0.370 e. The van der Waals surface area contributed by atoms with Crippen LogP contribution in [-0.2, 0) is 9.53 Å². The molecule has 0 saturated carbocycles. The number of likely N-dealkylation sites (tertiary alicyclic amines) is 1. The van der Waals surface area contributed by atoms with E-state index in [2.05, 4.69) is 41.3 Å². The summed E-state index contributed by atoms with van der Waals surface area (Å²) in [5, 5.41) is 0.772. The molecule has 1 aliphatic rings. The Morgan fingerprint density at radius 3 is 2.39 bits per heavy atom. The standard InChI is InChI=1S/C22H25ClN2O2.ClH/c23-21-8-4-3-7-20(21)19-6-2-1-5-18(19)15-17-9-11-25(12-10-17)13-14-27-16-22(24)26;/h1-8,15H,9-14,16H2,(H2,24,26);1H. The van der Waals surface area contributed by atoms with E-state index in [1.54, 1.807) is 0 Å². The highest BCUT2D eigenvalue weighted by Crippen LogP contribution is 2.32. The molecular formula is C22H26Cl2N2O2. The number of piperidine rings is 1. The number of carbonyl (C=O) groups is 1. The van der Waals surface area contributed by atoms with Gasteiger partial charge in [-0.15, -0.1) is 12.4 Å². The van der Waals surface area contributed by atoms with Crippen LogP contribution in [0.5, 0.6) is 0 Å². The molecule has 3 rings (SSSR count). The maximum absolute atomic E-state index is 10.7. The molecule has 0 atom stereocenters. The molecule has 0 spiro atoms. The molecule has 0 radical (unpaired) electrons. The molecule has 28 heavy (non-hydrogen) atoms. The number of nitrogens with two attached hydrogens (primary N) is 1. The molecule has 2 aromatic rings. The number of benzene rings is 2. The van der Waals surface area contributed by atoms with Gasteiger partial charge in [0.05, 0.1) is 6.61 Å². The molecule has 4 nitrogen and oxygen atoms in total. The van der Waals surface area contributed by atoms with Crippen LogP contribution in [0, 0.1) is 0 Å². The van der Waals surface area contributed by atoms with E-state index in [-0.39, 0.29) is 19.0 Å². The number of rotatable bonds is 7. The lowest BCUT2D eigenvalue weighted by Crippen LogP contribution is -2.34. The number of halogens is 2. The molecular weight excluding hydrogens is 395 g/mol. The Kier molecular flexibility index (Phi) is 9.00. The molecule has 2 N–H and O–H groups in total. The Morgan fingerprint density at radius 2 is 1.71 bits per heavy atom. The van der Waals surface area contributed by atoms with Gasteiger partial charge >= 0.3 is 0 Å². The maximum atomic E-state index is 10.7. The zero-order valence-corrected chi connectivity index (χ0v) is 17.3. The van der Waals surface area contributed by atoms with Gasteiger partial charge in [-0.2, -0.15) is 0 Å². The van der Waals surface area contributed by atoms with Crippen molar-refractivity contribution < 1.29 is 9.53 Å². The van der Waals surface area contributed by atoms with Gasteiger partial charge < -0.3 is 15.4 Å². The topological polar surface area (TPSA) is 55.6 Å². The van der Waals surface area contributed by atoms with Gasteiger partial charge in [0.1, 0.15) is 6.61 Å². The number of ether oxygens (including phenoxy) is 1. The van der Waals surface area contributed by atoms with Crippen molar-refractivity contribution in [2.24, 2.45) is 5.73 Å². The van der Waals surface area contributed by atoms with Gasteiger partial charge in [-0.05, 0) is 30.0 Å². The van der Waals surface area contributed by atoms with Gasteiger partial charge in [0.2, 0.25) is 5.91 Å². The lowest BCUT2D eigenvalue weighted by molar-refractivity contribution is -0.122. The highest BCUT2D eigenvalue weighted by molar-refractivity contribution is 6.33. The first-order valence-electron chi connectivity index (χ1n) is 9.25. The number of hydrogen-bond donors (Lipinski definition) is 1. The maximum Gasteiger partial charge on any atom is 0.243 e. The summed E-state index contributed by atoms with van der Waals surface area (Å²) in [4.78, 5) is 13.0. The normalized spacial score (nSPS) is 14.4. The Labute approximate surface area is 177 Å². The molecule has 0 aliphatic carbocycles. The molecule has 0 bridgehead atoms. The van der Waals surface area contributed by atoms with E-state index in [0.717, 1.165) is 48.6 Å². The van der Waals surface area contributed by atoms with Crippen molar-refractivity contribution in [2.45, 2.75) is 12.8 Å². The summed E-state index contributed by atoms with van der Waals surface area (Å²) in [6.07, 6.45) is 4.37. The van der Waals surface area contributed by atoms with E-state index in [1.165, 1.54) is 11.1 Å². The summed E-state index contributed by atoms with van der Waals surface area (Å²) in [6.45, 7) is 3.37. The minimum Gasteiger partial charge on any atom is -0.370 e. The number of primary amides is 1. The predicted octanol–water partition coefficient (Wildman–Crippen LogP) is 4.41. The van der Waals surface area contributed by atoms with E-state index in [1.807, 2.05) is 18.2 Å². The minimum absolute atomic E-state index is 0. The highest BCUT2D eigenvalue weighted by Gasteiger charge is 2.14. The average Bonchev–Trinajstić information content (AvgIpc) is 2.67. The highest BCUT2D eigenvalue weighted by atomic mass is 35.5. The molecule has 1 amide bonds. The van der Waals surface area contributed by atoms with Crippen molar-refractivity contribution in [3.05, 3.63) is 64.7 Å². The summed E-state index contributed by atoms with van der Waals surface area (Å²) < 4.78 is 5.25. The number of hydrogen-bond acceptors (Lipinski definition) is 3. The van der Waals surface area contributed by atoms with Crippen LogP contribution in [0.2, 0.25) is 5.02 Å². The number of carbonyl (C=O) groups excluding carboxylic acids is 1. The third-order valence-electron chi connectivity index (χ3n) is 4.78. The Hall–Kier alpha value is -1.85. The van der Waals surface area contributed by atoms with Gasteiger partial charge in [0.25, 0.3) is 0 Å². The zero-order chi connectivity index (χ0) is 19.1. The predicted molar refractivity (Wildman–Crippen MR) is 118 cm³/mol. The molecule has 1 heterocycles. The van der Waals surface area contributed by atoms with Crippen molar-refractivity contribution in [1.82, 2.24) is 4.90 Å². The van der Waals surface area contributed by atoms with E-state index < -0.39 is 5.91 Å². The van der Waals surface area contributed by atoms with E-state index >= 15 is 0 Å². The lowest BCUT2D eigenvalue weighted by Gasteiger charge is -2.28. The van der Waals surface area contributed by atoms with Gasteiger partial charge in [-0.3, -0.25) is 4.79 Å². The molecule has 2 aromatic carbocycles. The lowest BCUT2D eigenvalue weighted by atomic mass is 9.95. The quantitative estimate of drug-likeness (QED) is 0.674. The molecule has 150 valence electrons. The molecule has 0 aromatic heterocycles. The molecule has 1 saturated heterocycles. The Bertz CT molecular complexity index is 814. The minimum atomic E-state index is -0.420. The molecule has 0 unspecified atom stereocenters. The van der Waals surface area contributed by atoms with Crippen LogP contribution >= 0.6 is 24.0 Å². The van der Waals surface area contributed by atoms with Crippen LogP contribution in [0.25, 0.3) is 17.2 Å². The van der Waals surface area contributed by atoms with Crippen molar-refractivity contribution in [3.8, 4) is 11.1 Å². The zero-order valence-electron chi connectivity index (χ0n) is 15.8. The first-order chi connectivity index (χ1) is 13.1. The van der Waals surface area contributed by atoms with Crippen molar-refractivity contribution in [3.63, 3.8) is 0 Å². The van der Waals surface area contributed by atoms with Crippen LogP contribution in [0.3, 0.4) is 0 Å². The van der Waals surface area contributed by atoms with E-state index in [4.69, 9.17) is 22.1 Å². The second kappa shape index (κ2) is 11.2. The molecule has 1 fully saturated rings. The summed E-state index contributed by atoms with van der Waals surface area (Å²) >= 11 is 6.40. The number of amides is 1. The van der Waals surface area contributed by atoms with Crippen LogP contribution in [-0.4, -0.2) is 43.7 Å². The van der Waals surface area contributed by atoms with Gasteiger partial charge in [-0.25, -0.2) is 0 Å². The van der Waals surface area contributed by atoms with Gasteiger partial charge in [-0.1, -0.05) is 65.7 Å². The van der Waals surface area contributed by atoms with Gasteiger partial charge in [0.15, 0.2) is 0 Å². The van der Waals surface area contributed by atoms with Crippen molar-refractivity contribution in [2.75, 3.05) is 32.8 Å². The summed E-state index contributed by atoms with van der Waals surface area (Å²) in [7, 11) is 0. The fraction of sp³-hybridized carbons (Fsp3) is 0.318. The summed E-state index contributed by atoms with van der Waals surface area (Å²) in [5.74, 6) is -0.420. The fourth-order valence-corrected chi connectivity index (χ4v) is 3.58. The van der Waals surface area contributed by atoms with E-state index in [9.17, 15) is 4.79 Å². The summed E-state index contributed by atoms with van der Waals surface area (Å²) in [5.41, 5.74) is 9.96. The third kappa shape index (κ3) is 6.35. The smallest absolute Gasteiger partial charge is 0.243 e. The Balaban J connectivity index is 0.00000280. The third-order valence-corrected chi connectivity index (χ3v) is 5.11. The van der Waals surface area contributed by atoms with Crippen molar-refractivity contribution >= 4 is 36.0 Å². The first kappa shape index (κ1) is 22.4. The SMILES string of the molecule is Cl.NC(=O)COCCN1CCC(=Cc2ccccc2-c2ccccc2Cl)CC1. The first-order valence-corrected chi connectivity index (χ1v) is 9.63. The Morgan fingerprint density at radius 1 is 1.07 bits per heavy atom. The second-order valence-corrected chi connectivity index (χ2v) is 7.14. The summed E-state index contributed by atoms with van der Waals surface area (Å²) in [6, 6.07) is 16.4. The average molecular weight is 421 g/mol.